The third-order valence-electron chi connectivity index (χ3n) is 1.31. The summed E-state index contributed by atoms with van der Waals surface area (Å²) in [4.78, 5) is 2.13. The van der Waals surface area contributed by atoms with Crippen LogP contribution in [0.2, 0.25) is 0 Å². The molecule has 0 atom stereocenters. The summed E-state index contributed by atoms with van der Waals surface area (Å²) in [5, 5.41) is 3.05. The minimum Gasteiger partial charge on any atom is -0.390 e. The minimum atomic E-state index is 1.05. The number of hydrogen-bond donors (Lipinski definition) is 1. The van der Waals surface area contributed by atoms with Gasteiger partial charge >= 0.3 is 0 Å². The van der Waals surface area contributed by atoms with Gasteiger partial charge in [-0.1, -0.05) is 0 Å². The van der Waals surface area contributed by atoms with Gasteiger partial charge in [0.05, 0.1) is 0 Å². The zero-order chi connectivity index (χ0) is 7.28. The summed E-state index contributed by atoms with van der Waals surface area (Å²) < 4.78 is 0. The summed E-state index contributed by atoms with van der Waals surface area (Å²) in [5.41, 5.74) is 1.19. The predicted molar refractivity (Wildman–Crippen MR) is 41.1 cm³/mol. The molecule has 0 radical (unpaired) electrons. The summed E-state index contributed by atoms with van der Waals surface area (Å²) in [6.07, 6.45) is 2.08. The summed E-state index contributed by atoms with van der Waals surface area (Å²) in [5.74, 6) is 0. The Bertz CT molecular complexity index is 97.1. The van der Waals surface area contributed by atoms with E-state index in [-0.39, 0.29) is 0 Å². The number of hydrogen-bond acceptors (Lipinski definition) is 2. The highest BCUT2D eigenvalue weighted by molar-refractivity contribution is 4.92. The highest BCUT2D eigenvalue weighted by Crippen LogP contribution is 1.88. The molecular formula is C7H16N2. The zero-order valence-electron chi connectivity index (χ0n) is 6.73. The molecule has 0 rings (SSSR count). The van der Waals surface area contributed by atoms with Crippen molar-refractivity contribution in [3.63, 3.8) is 0 Å². The molecule has 2 nitrogen and oxygen atoms in total. The van der Waals surface area contributed by atoms with Crippen LogP contribution in [0.25, 0.3) is 0 Å². The molecule has 0 fully saturated rings. The van der Waals surface area contributed by atoms with Gasteiger partial charge in [0, 0.05) is 32.5 Å². The van der Waals surface area contributed by atoms with E-state index in [0.717, 1.165) is 6.54 Å². The second-order valence-electron chi connectivity index (χ2n) is 2.14. The average molecular weight is 128 g/mol. The lowest BCUT2D eigenvalue weighted by Gasteiger charge is -2.11. The number of allylic oxidation sites excluding steroid dienone is 1. The van der Waals surface area contributed by atoms with Gasteiger partial charge in [0.15, 0.2) is 0 Å². The van der Waals surface area contributed by atoms with E-state index in [0.29, 0.717) is 0 Å². The van der Waals surface area contributed by atoms with Crippen LogP contribution >= 0.6 is 0 Å². The first-order valence-corrected chi connectivity index (χ1v) is 3.27. The Morgan fingerprint density at radius 1 is 1.67 bits per heavy atom. The first-order chi connectivity index (χ1) is 4.20. The van der Waals surface area contributed by atoms with Gasteiger partial charge in [0.1, 0.15) is 0 Å². The van der Waals surface area contributed by atoms with Crippen LogP contribution in [0, 0.1) is 0 Å². The maximum atomic E-state index is 3.05. The standard InChI is InChI=1S/C7H16N2/c1-5-9(4)6-7(2)8-3/h6,8H,5H2,1-4H3. The largest absolute Gasteiger partial charge is 0.390 e. The van der Waals surface area contributed by atoms with Crippen LogP contribution in [0.1, 0.15) is 13.8 Å². The summed E-state index contributed by atoms with van der Waals surface area (Å²) in [7, 11) is 3.98. The van der Waals surface area contributed by atoms with Crippen molar-refractivity contribution in [1.82, 2.24) is 10.2 Å². The van der Waals surface area contributed by atoms with Crippen molar-refractivity contribution in [2.45, 2.75) is 13.8 Å². The molecule has 1 N–H and O–H groups in total. The Balaban J connectivity index is 3.64. The van der Waals surface area contributed by atoms with Gasteiger partial charge < -0.3 is 10.2 Å². The van der Waals surface area contributed by atoms with E-state index in [4.69, 9.17) is 0 Å². The third kappa shape index (κ3) is 3.88. The van der Waals surface area contributed by atoms with E-state index >= 15 is 0 Å². The number of rotatable bonds is 3. The van der Waals surface area contributed by atoms with Crippen LogP contribution in [-0.2, 0) is 0 Å². The smallest absolute Gasteiger partial charge is 0.0234 e. The molecule has 54 valence electrons. The lowest BCUT2D eigenvalue weighted by atomic mass is 10.5. The fourth-order valence-electron chi connectivity index (χ4n) is 0.486. The van der Waals surface area contributed by atoms with Crippen molar-refractivity contribution in [3.8, 4) is 0 Å². The quantitative estimate of drug-likeness (QED) is 0.610. The lowest BCUT2D eigenvalue weighted by Crippen LogP contribution is -2.13. The maximum absolute atomic E-state index is 3.05. The average Bonchev–Trinajstić information content (AvgIpc) is 1.87. The monoisotopic (exact) mass is 128 g/mol. The molecule has 9 heavy (non-hydrogen) atoms. The second-order valence-corrected chi connectivity index (χ2v) is 2.14. The normalized spacial score (nSPS) is 11.3. The van der Waals surface area contributed by atoms with Gasteiger partial charge in [0.2, 0.25) is 0 Å². The zero-order valence-corrected chi connectivity index (χ0v) is 6.73. The SMILES string of the molecule is CCN(C)C=C(C)NC. The van der Waals surface area contributed by atoms with Crippen LogP contribution in [0.3, 0.4) is 0 Å². The molecule has 0 aromatic rings. The van der Waals surface area contributed by atoms with Crippen molar-refractivity contribution in [2.75, 3.05) is 20.6 Å². The predicted octanol–water partition coefficient (Wildman–Crippen LogP) is 1.02. The van der Waals surface area contributed by atoms with Gasteiger partial charge in [-0.2, -0.15) is 0 Å². The molecule has 0 aliphatic carbocycles. The minimum absolute atomic E-state index is 1.05. The van der Waals surface area contributed by atoms with Crippen LogP contribution in [0.5, 0.6) is 0 Å². The van der Waals surface area contributed by atoms with Crippen LogP contribution in [0.4, 0.5) is 0 Å². The molecule has 0 bridgehead atoms. The Kier molecular flexibility index (Phi) is 3.93. The van der Waals surface area contributed by atoms with Crippen molar-refractivity contribution in [2.24, 2.45) is 0 Å². The van der Waals surface area contributed by atoms with Crippen molar-refractivity contribution in [3.05, 3.63) is 11.9 Å². The van der Waals surface area contributed by atoms with Crippen LogP contribution < -0.4 is 5.32 Å². The molecule has 0 aromatic carbocycles. The molecule has 0 saturated heterocycles. The molecule has 0 aliphatic rings. The fourth-order valence-corrected chi connectivity index (χ4v) is 0.486. The fraction of sp³-hybridized carbons (Fsp3) is 0.714. The summed E-state index contributed by atoms with van der Waals surface area (Å²) in [6, 6.07) is 0. The Morgan fingerprint density at radius 2 is 2.22 bits per heavy atom. The third-order valence-corrected chi connectivity index (χ3v) is 1.31. The molecule has 0 spiro atoms. The van der Waals surface area contributed by atoms with E-state index < -0.39 is 0 Å². The molecule has 0 amide bonds. The number of nitrogens with zero attached hydrogens (tertiary/aromatic N) is 1. The van der Waals surface area contributed by atoms with E-state index in [2.05, 4.69) is 30.4 Å². The van der Waals surface area contributed by atoms with Crippen molar-refractivity contribution >= 4 is 0 Å². The topological polar surface area (TPSA) is 15.3 Å². The second kappa shape index (κ2) is 4.24. The maximum Gasteiger partial charge on any atom is 0.0234 e. The van der Waals surface area contributed by atoms with Crippen LogP contribution in [-0.4, -0.2) is 25.5 Å². The molecule has 0 aliphatic heterocycles. The molecule has 2 heteroatoms. The summed E-state index contributed by atoms with van der Waals surface area (Å²) in [6.45, 7) is 5.23. The number of nitrogens with one attached hydrogen (secondary N) is 1. The lowest BCUT2D eigenvalue weighted by molar-refractivity contribution is 0.477. The highest BCUT2D eigenvalue weighted by atomic mass is 15.1. The van der Waals surface area contributed by atoms with E-state index in [9.17, 15) is 0 Å². The first kappa shape index (κ1) is 8.34. The summed E-state index contributed by atoms with van der Waals surface area (Å²) >= 11 is 0. The van der Waals surface area contributed by atoms with E-state index in [1.165, 1.54) is 5.70 Å². The Morgan fingerprint density at radius 3 is 2.56 bits per heavy atom. The highest BCUT2D eigenvalue weighted by Gasteiger charge is 1.85. The Labute approximate surface area is 57.5 Å². The molecule has 0 heterocycles. The van der Waals surface area contributed by atoms with Crippen molar-refractivity contribution in [1.29, 1.82) is 0 Å². The van der Waals surface area contributed by atoms with Gasteiger partial charge in [-0.05, 0) is 13.8 Å². The van der Waals surface area contributed by atoms with Gasteiger partial charge in [0.25, 0.3) is 0 Å². The Hall–Kier alpha value is -0.660. The van der Waals surface area contributed by atoms with E-state index in [1.54, 1.807) is 0 Å². The first-order valence-electron chi connectivity index (χ1n) is 3.27. The van der Waals surface area contributed by atoms with Gasteiger partial charge in [-0.3, -0.25) is 0 Å². The van der Waals surface area contributed by atoms with E-state index in [1.807, 2.05) is 14.0 Å². The van der Waals surface area contributed by atoms with Crippen molar-refractivity contribution < 1.29 is 0 Å². The molecule has 0 unspecified atom stereocenters. The molecule has 0 saturated carbocycles. The molecular weight excluding hydrogens is 112 g/mol. The molecule has 0 aromatic heterocycles. The van der Waals surface area contributed by atoms with Gasteiger partial charge in [-0.25, -0.2) is 0 Å². The van der Waals surface area contributed by atoms with Crippen LogP contribution in [0.15, 0.2) is 11.9 Å². The van der Waals surface area contributed by atoms with Gasteiger partial charge in [-0.15, -0.1) is 0 Å².